The van der Waals surface area contributed by atoms with E-state index in [-0.39, 0.29) is 17.2 Å². The van der Waals surface area contributed by atoms with Gasteiger partial charge in [-0.3, -0.25) is 9.69 Å². The number of carboxylic acids is 1. The molecule has 0 aromatic heterocycles. The highest BCUT2D eigenvalue weighted by Gasteiger charge is 2.32. The molecule has 3 rings (SSSR count). The quantitative estimate of drug-likeness (QED) is 0.616. The Kier molecular flexibility index (Phi) is 6.29. The van der Waals surface area contributed by atoms with Crippen molar-refractivity contribution >= 4 is 56.5 Å². The number of phenolic OH excluding ortho intramolecular Hbond substituents is 1. The molecule has 150 valence electrons. The van der Waals surface area contributed by atoms with Gasteiger partial charge >= 0.3 is 5.97 Å². The highest BCUT2D eigenvalue weighted by Crippen LogP contribution is 2.38. The van der Waals surface area contributed by atoms with Gasteiger partial charge in [0.25, 0.3) is 5.91 Å². The molecule has 1 aliphatic rings. The van der Waals surface area contributed by atoms with E-state index >= 15 is 0 Å². The van der Waals surface area contributed by atoms with Gasteiger partial charge in [0.1, 0.15) is 0 Å². The Morgan fingerprint density at radius 1 is 1.31 bits per heavy atom. The number of amidine groups is 1. The van der Waals surface area contributed by atoms with E-state index in [1.807, 2.05) is 6.92 Å². The lowest BCUT2D eigenvalue weighted by Gasteiger charge is -2.12. The predicted molar refractivity (Wildman–Crippen MR) is 116 cm³/mol. The molecule has 0 spiro atoms. The molecule has 7 nitrogen and oxygen atoms in total. The number of rotatable bonds is 5. The van der Waals surface area contributed by atoms with E-state index in [4.69, 9.17) is 9.84 Å². The van der Waals surface area contributed by atoms with E-state index in [2.05, 4.69) is 20.9 Å². The van der Waals surface area contributed by atoms with Crippen LogP contribution in [0.15, 0.2) is 50.8 Å². The number of methoxy groups -OCH3 is 1. The largest absolute Gasteiger partial charge is 0.503 e. The lowest BCUT2D eigenvalue weighted by atomic mass is 10.2. The van der Waals surface area contributed by atoms with Crippen molar-refractivity contribution in [3.05, 3.63) is 56.9 Å². The third kappa shape index (κ3) is 4.46. The second-order valence-corrected chi connectivity index (χ2v) is 7.82. The van der Waals surface area contributed by atoms with E-state index in [1.54, 1.807) is 35.2 Å². The number of aromatic hydroxyl groups is 1. The number of halogens is 1. The summed E-state index contributed by atoms with van der Waals surface area (Å²) in [7, 11) is 1.45. The third-order valence-electron chi connectivity index (χ3n) is 4.11. The number of benzene rings is 2. The van der Waals surface area contributed by atoms with Crippen molar-refractivity contribution in [1.29, 1.82) is 0 Å². The lowest BCUT2D eigenvalue weighted by molar-refractivity contribution is -0.122. The maximum Gasteiger partial charge on any atom is 0.335 e. The minimum Gasteiger partial charge on any atom is -0.503 e. The second-order valence-electron chi connectivity index (χ2n) is 5.96. The van der Waals surface area contributed by atoms with E-state index in [9.17, 15) is 14.7 Å². The number of aliphatic imine (C=N–C) groups is 1. The number of amides is 1. The number of aromatic carboxylic acids is 1. The number of thioether (sulfide) groups is 1. The number of hydrogen-bond donors (Lipinski definition) is 2. The number of likely N-dealkylation sites (N-methyl/N-ethyl adjacent to an activating group) is 1. The summed E-state index contributed by atoms with van der Waals surface area (Å²) in [6.07, 6.45) is 1.71. The molecule has 1 amide bonds. The molecule has 0 aliphatic carbocycles. The van der Waals surface area contributed by atoms with Crippen molar-refractivity contribution in [3.63, 3.8) is 0 Å². The second kappa shape index (κ2) is 8.71. The fraction of sp³-hybridized carbons (Fsp3) is 0.150. The number of carbonyl (C=O) groups excluding carboxylic acids is 1. The summed E-state index contributed by atoms with van der Waals surface area (Å²) >= 11 is 4.50. The van der Waals surface area contributed by atoms with Crippen LogP contribution in [0.5, 0.6) is 11.5 Å². The third-order valence-corrected chi connectivity index (χ3v) is 5.72. The number of carbonyl (C=O) groups is 2. The Bertz CT molecular complexity index is 1030. The van der Waals surface area contributed by atoms with Crippen LogP contribution in [0.3, 0.4) is 0 Å². The van der Waals surface area contributed by atoms with Crippen LogP contribution in [0.25, 0.3) is 6.08 Å². The van der Waals surface area contributed by atoms with Crippen molar-refractivity contribution in [2.24, 2.45) is 4.99 Å². The fourth-order valence-electron chi connectivity index (χ4n) is 2.64. The predicted octanol–water partition coefficient (Wildman–Crippen LogP) is 4.49. The van der Waals surface area contributed by atoms with Crippen molar-refractivity contribution < 1.29 is 24.5 Å². The van der Waals surface area contributed by atoms with Crippen molar-refractivity contribution in [2.75, 3.05) is 13.7 Å². The molecular weight excluding hydrogens is 460 g/mol. The Morgan fingerprint density at radius 3 is 2.59 bits per heavy atom. The maximum atomic E-state index is 12.8. The maximum absolute atomic E-state index is 12.8. The average Bonchev–Trinajstić information content (AvgIpc) is 2.99. The molecule has 29 heavy (non-hydrogen) atoms. The molecule has 0 bridgehead atoms. The van der Waals surface area contributed by atoms with Crippen LogP contribution in [0.1, 0.15) is 22.8 Å². The normalized spacial score (nSPS) is 16.7. The Hall–Kier alpha value is -2.78. The van der Waals surface area contributed by atoms with E-state index < -0.39 is 5.97 Å². The number of phenols is 1. The van der Waals surface area contributed by atoms with Crippen LogP contribution in [-0.2, 0) is 4.79 Å². The lowest BCUT2D eigenvalue weighted by Crippen LogP contribution is -2.28. The number of carboxylic acid groups (broad SMARTS) is 1. The molecule has 1 heterocycles. The number of nitrogens with zero attached hydrogens (tertiary/aromatic N) is 2. The van der Waals surface area contributed by atoms with Gasteiger partial charge in [-0.25, -0.2) is 9.79 Å². The monoisotopic (exact) mass is 476 g/mol. The van der Waals surface area contributed by atoms with Crippen LogP contribution in [-0.4, -0.2) is 45.8 Å². The van der Waals surface area contributed by atoms with Gasteiger partial charge in [-0.1, -0.05) is 0 Å². The summed E-state index contributed by atoms with van der Waals surface area (Å²) in [6, 6.07) is 9.45. The van der Waals surface area contributed by atoms with Crippen molar-refractivity contribution in [2.45, 2.75) is 6.92 Å². The van der Waals surface area contributed by atoms with Crippen molar-refractivity contribution in [1.82, 2.24) is 4.90 Å². The molecule has 0 saturated carbocycles. The summed E-state index contributed by atoms with van der Waals surface area (Å²) in [5.74, 6) is -0.907. The first-order valence-electron chi connectivity index (χ1n) is 8.54. The highest BCUT2D eigenvalue weighted by molar-refractivity contribution is 9.10. The van der Waals surface area contributed by atoms with Gasteiger partial charge in [0.2, 0.25) is 0 Å². The van der Waals surface area contributed by atoms with Crippen LogP contribution in [0.2, 0.25) is 0 Å². The van der Waals surface area contributed by atoms with Gasteiger partial charge in [0.15, 0.2) is 16.7 Å². The molecule has 1 fully saturated rings. The van der Waals surface area contributed by atoms with E-state index in [0.29, 0.717) is 38.1 Å². The summed E-state index contributed by atoms with van der Waals surface area (Å²) in [4.78, 5) is 30.3. The van der Waals surface area contributed by atoms with Crippen molar-refractivity contribution in [3.8, 4) is 11.5 Å². The molecule has 2 aromatic carbocycles. The summed E-state index contributed by atoms with van der Waals surface area (Å²) in [5.41, 5.74) is 1.41. The Balaban J connectivity index is 1.93. The summed E-state index contributed by atoms with van der Waals surface area (Å²) < 4.78 is 5.61. The molecule has 0 radical (unpaired) electrons. The van der Waals surface area contributed by atoms with Gasteiger partial charge in [-0.15, -0.1) is 0 Å². The minimum atomic E-state index is -1.01. The van der Waals surface area contributed by atoms with Gasteiger partial charge < -0.3 is 14.9 Å². The zero-order valence-electron chi connectivity index (χ0n) is 15.5. The Morgan fingerprint density at radius 2 is 2.00 bits per heavy atom. The standard InChI is InChI=1S/C20H17BrN2O5S/c1-3-23-18(25)16(10-11-8-14(21)17(24)15(9-11)28-2)29-20(23)22-13-6-4-12(5-7-13)19(26)27/h4-10,24H,3H2,1-2H3,(H,26,27)/b16-10-,22-20?. The first kappa shape index (κ1) is 20.9. The zero-order chi connectivity index (χ0) is 21.1. The van der Waals surface area contributed by atoms with Gasteiger partial charge in [-0.05, 0) is 82.7 Å². The number of ether oxygens (including phenoxy) is 1. The smallest absolute Gasteiger partial charge is 0.335 e. The molecule has 2 aromatic rings. The molecule has 0 atom stereocenters. The minimum absolute atomic E-state index is 0.0118. The van der Waals surface area contributed by atoms with Gasteiger partial charge in [0, 0.05) is 6.54 Å². The topological polar surface area (TPSA) is 99.4 Å². The Labute approximate surface area is 179 Å². The zero-order valence-corrected chi connectivity index (χ0v) is 18.0. The summed E-state index contributed by atoms with van der Waals surface area (Å²) in [5, 5.41) is 19.5. The molecular formula is C20H17BrN2O5S. The molecule has 1 aliphatic heterocycles. The molecule has 2 N–H and O–H groups in total. The summed E-state index contributed by atoms with van der Waals surface area (Å²) in [6.45, 7) is 2.29. The SMILES string of the molecule is CCN1C(=O)/C(=C/c2cc(Br)c(O)c(OC)c2)SC1=Nc1ccc(C(=O)O)cc1. The van der Waals surface area contributed by atoms with Gasteiger partial charge in [0.05, 0.1) is 27.7 Å². The highest BCUT2D eigenvalue weighted by atomic mass is 79.9. The fourth-order valence-corrected chi connectivity index (χ4v) is 4.17. The van der Waals surface area contributed by atoms with Crippen LogP contribution in [0.4, 0.5) is 5.69 Å². The first-order valence-corrected chi connectivity index (χ1v) is 10.1. The van der Waals surface area contributed by atoms with Crippen LogP contribution < -0.4 is 4.74 Å². The molecule has 1 saturated heterocycles. The molecule has 9 heteroatoms. The van der Waals surface area contributed by atoms with E-state index in [1.165, 1.54) is 31.0 Å². The van der Waals surface area contributed by atoms with Gasteiger partial charge in [-0.2, -0.15) is 0 Å². The molecule has 0 unspecified atom stereocenters. The number of hydrogen-bond acceptors (Lipinski definition) is 6. The van der Waals surface area contributed by atoms with Crippen LogP contribution in [0, 0.1) is 0 Å². The van der Waals surface area contributed by atoms with E-state index in [0.717, 1.165) is 0 Å². The first-order chi connectivity index (χ1) is 13.8. The average molecular weight is 477 g/mol. The van der Waals surface area contributed by atoms with Crippen LogP contribution >= 0.6 is 27.7 Å².